The van der Waals surface area contributed by atoms with Gasteiger partial charge in [0.05, 0.1) is 11.4 Å². The van der Waals surface area contributed by atoms with Gasteiger partial charge in [-0.25, -0.2) is 0 Å². The lowest BCUT2D eigenvalue weighted by Gasteiger charge is -2.30. The molecule has 0 aliphatic carbocycles. The van der Waals surface area contributed by atoms with E-state index in [9.17, 15) is 15.3 Å². The number of aryl methyl sites for hydroxylation is 4. The van der Waals surface area contributed by atoms with Gasteiger partial charge in [-0.3, -0.25) is 0 Å². The van der Waals surface area contributed by atoms with Gasteiger partial charge in [-0.2, -0.15) is 0 Å². The van der Waals surface area contributed by atoms with E-state index in [1.165, 1.54) is 0 Å². The molecule has 0 aromatic heterocycles. The van der Waals surface area contributed by atoms with Crippen molar-refractivity contribution in [1.29, 1.82) is 0 Å². The Hall–Kier alpha value is -4.12. The van der Waals surface area contributed by atoms with Gasteiger partial charge in [0.1, 0.15) is 28.7 Å². The van der Waals surface area contributed by atoms with Crippen LogP contribution in [0.3, 0.4) is 0 Å². The summed E-state index contributed by atoms with van der Waals surface area (Å²) < 4.78 is 6.23. The van der Waals surface area contributed by atoms with Crippen molar-refractivity contribution in [2.24, 2.45) is 0 Å². The molecule has 4 rings (SSSR count). The number of aromatic hydroxyl groups is 3. The zero-order valence-electron chi connectivity index (χ0n) is 21.0. The summed E-state index contributed by atoms with van der Waals surface area (Å²) in [5.41, 5.74) is 7.95. The maximum Gasteiger partial charge on any atom is 0.130 e. The minimum absolute atomic E-state index is 0.172. The molecule has 0 atom stereocenters. The first-order valence-electron chi connectivity index (χ1n) is 11.5. The average Bonchev–Trinajstić information content (AvgIpc) is 2.79. The molecule has 0 fully saturated rings. The Morgan fingerprint density at radius 1 is 0.600 bits per heavy atom. The summed E-state index contributed by atoms with van der Waals surface area (Å²) in [5.74, 6) is 1.87. The van der Waals surface area contributed by atoms with Crippen molar-refractivity contribution in [3.8, 4) is 28.7 Å². The highest BCUT2D eigenvalue weighted by atomic mass is 16.5. The quantitative estimate of drug-likeness (QED) is 0.277. The molecule has 0 unspecified atom stereocenters. The number of benzene rings is 4. The molecule has 180 valence electrons. The molecular formula is C30H31NO4. The van der Waals surface area contributed by atoms with Gasteiger partial charge < -0.3 is 25.0 Å². The molecule has 0 heterocycles. The van der Waals surface area contributed by atoms with Crippen molar-refractivity contribution in [2.45, 2.75) is 41.5 Å². The Morgan fingerprint density at radius 3 is 1.74 bits per heavy atom. The van der Waals surface area contributed by atoms with Crippen molar-refractivity contribution in [2.75, 3.05) is 4.90 Å². The Labute approximate surface area is 206 Å². The summed E-state index contributed by atoms with van der Waals surface area (Å²) in [7, 11) is 0. The first kappa shape index (κ1) is 24.0. The first-order valence-corrected chi connectivity index (χ1v) is 11.5. The second-order valence-electron chi connectivity index (χ2n) is 9.15. The van der Waals surface area contributed by atoms with E-state index in [0.717, 1.165) is 50.4 Å². The van der Waals surface area contributed by atoms with Gasteiger partial charge in [-0.15, -0.1) is 0 Å². The van der Waals surface area contributed by atoms with Crippen molar-refractivity contribution in [3.05, 3.63) is 94.0 Å². The van der Waals surface area contributed by atoms with Crippen LogP contribution in [0, 0.1) is 41.5 Å². The van der Waals surface area contributed by atoms with Gasteiger partial charge in [0, 0.05) is 23.9 Å². The molecule has 0 radical (unpaired) electrons. The second-order valence-corrected chi connectivity index (χ2v) is 9.15. The molecule has 0 aliphatic heterocycles. The lowest BCUT2D eigenvalue weighted by atomic mass is 10.0. The third kappa shape index (κ3) is 4.76. The third-order valence-electron chi connectivity index (χ3n) is 6.53. The van der Waals surface area contributed by atoms with Crippen LogP contribution in [0.4, 0.5) is 17.1 Å². The van der Waals surface area contributed by atoms with Crippen molar-refractivity contribution in [3.63, 3.8) is 0 Å². The van der Waals surface area contributed by atoms with E-state index in [0.29, 0.717) is 11.5 Å². The minimum Gasteiger partial charge on any atom is -0.508 e. The highest BCUT2D eigenvalue weighted by Gasteiger charge is 2.21. The maximum atomic E-state index is 10.4. The monoisotopic (exact) mass is 469 g/mol. The number of phenolic OH excluding ortho intramolecular Hbond substituents is 3. The van der Waals surface area contributed by atoms with Gasteiger partial charge in [0.15, 0.2) is 0 Å². The number of anilines is 3. The van der Waals surface area contributed by atoms with Gasteiger partial charge in [-0.05, 0) is 111 Å². The highest BCUT2D eigenvalue weighted by molar-refractivity contribution is 5.83. The SMILES string of the molecule is Cc1cc(Oc2cccc(N(c3cc(O)cc(C)c3C)c3cc(O)cc(C)c3C)c2)c(C)cc1O. The van der Waals surface area contributed by atoms with E-state index in [2.05, 4.69) is 0 Å². The predicted molar refractivity (Wildman–Crippen MR) is 141 cm³/mol. The van der Waals surface area contributed by atoms with Crippen LogP contribution in [0.25, 0.3) is 0 Å². The zero-order chi connectivity index (χ0) is 25.4. The fraction of sp³-hybridized carbons (Fsp3) is 0.200. The predicted octanol–water partition coefficient (Wildman–Crippen LogP) is 7.92. The van der Waals surface area contributed by atoms with Crippen LogP contribution in [0.15, 0.2) is 60.7 Å². The Kier molecular flexibility index (Phi) is 6.35. The van der Waals surface area contributed by atoms with Crippen molar-refractivity contribution >= 4 is 17.1 Å². The molecular weight excluding hydrogens is 438 g/mol. The van der Waals surface area contributed by atoms with Crippen LogP contribution < -0.4 is 9.64 Å². The number of hydrogen-bond donors (Lipinski definition) is 3. The number of hydrogen-bond acceptors (Lipinski definition) is 5. The van der Waals surface area contributed by atoms with Crippen LogP contribution >= 0.6 is 0 Å². The third-order valence-corrected chi connectivity index (χ3v) is 6.53. The lowest BCUT2D eigenvalue weighted by molar-refractivity contribution is 0.458. The molecule has 5 heteroatoms. The van der Waals surface area contributed by atoms with E-state index in [1.807, 2.05) is 76.8 Å². The second kappa shape index (κ2) is 9.26. The summed E-state index contributed by atoms with van der Waals surface area (Å²) in [6.07, 6.45) is 0. The lowest BCUT2D eigenvalue weighted by Crippen LogP contribution is -2.14. The molecule has 0 aliphatic rings. The van der Waals surface area contributed by atoms with E-state index in [4.69, 9.17) is 4.74 Å². The molecule has 0 saturated carbocycles. The Bertz CT molecular complexity index is 1370. The van der Waals surface area contributed by atoms with Crippen LogP contribution in [-0.4, -0.2) is 15.3 Å². The minimum atomic E-state index is 0.172. The van der Waals surface area contributed by atoms with Crippen molar-refractivity contribution in [1.82, 2.24) is 0 Å². The average molecular weight is 470 g/mol. The first-order chi connectivity index (χ1) is 16.5. The number of nitrogens with zero attached hydrogens (tertiary/aromatic N) is 1. The number of ether oxygens (including phenoxy) is 1. The zero-order valence-corrected chi connectivity index (χ0v) is 21.0. The van der Waals surface area contributed by atoms with Gasteiger partial charge in [-0.1, -0.05) is 6.07 Å². The molecule has 4 aromatic rings. The normalized spacial score (nSPS) is 10.9. The molecule has 5 nitrogen and oxygen atoms in total. The van der Waals surface area contributed by atoms with E-state index >= 15 is 0 Å². The summed E-state index contributed by atoms with van der Waals surface area (Å²) >= 11 is 0. The summed E-state index contributed by atoms with van der Waals surface area (Å²) in [6.45, 7) is 11.7. The largest absolute Gasteiger partial charge is 0.508 e. The smallest absolute Gasteiger partial charge is 0.130 e. The summed E-state index contributed by atoms with van der Waals surface area (Å²) in [6, 6.07) is 18.2. The van der Waals surface area contributed by atoms with E-state index in [-0.39, 0.29) is 17.2 Å². The van der Waals surface area contributed by atoms with Crippen molar-refractivity contribution < 1.29 is 20.1 Å². The maximum absolute atomic E-state index is 10.4. The van der Waals surface area contributed by atoms with Crippen LogP contribution in [0.5, 0.6) is 28.7 Å². The fourth-order valence-corrected chi connectivity index (χ4v) is 4.21. The summed E-state index contributed by atoms with van der Waals surface area (Å²) in [4.78, 5) is 2.03. The molecule has 3 N–H and O–H groups in total. The molecule has 0 amide bonds. The molecule has 0 spiro atoms. The van der Waals surface area contributed by atoms with Gasteiger partial charge in [0.25, 0.3) is 0 Å². The molecule has 4 aromatic carbocycles. The highest BCUT2D eigenvalue weighted by Crippen LogP contribution is 2.44. The van der Waals surface area contributed by atoms with Gasteiger partial charge >= 0.3 is 0 Å². The van der Waals surface area contributed by atoms with Crippen LogP contribution in [0.2, 0.25) is 0 Å². The molecule has 0 saturated heterocycles. The Balaban J connectivity index is 1.90. The molecule has 0 bridgehead atoms. The van der Waals surface area contributed by atoms with Gasteiger partial charge in [0.2, 0.25) is 0 Å². The Morgan fingerprint density at radius 2 is 1.17 bits per heavy atom. The topological polar surface area (TPSA) is 73.2 Å². The number of rotatable bonds is 5. The standard InChI is InChI=1S/C30H31NO4/c1-17-10-24(32)15-27(21(17)5)31(28-16-25(33)11-18(2)22(28)6)23-8-7-9-26(14-23)35-30-13-19(3)29(34)12-20(30)4/h7-16,32-34H,1-6H3. The van der Waals surface area contributed by atoms with E-state index < -0.39 is 0 Å². The summed E-state index contributed by atoms with van der Waals surface area (Å²) in [5, 5.41) is 30.9. The van der Waals surface area contributed by atoms with Crippen LogP contribution in [-0.2, 0) is 0 Å². The fourth-order valence-electron chi connectivity index (χ4n) is 4.21. The van der Waals surface area contributed by atoms with Crippen LogP contribution in [0.1, 0.15) is 33.4 Å². The molecule has 35 heavy (non-hydrogen) atoms. The van der Waals surface area contributed by atoms with E-state index in [1.54, 1.807) is 30.3 Å². The number of phenols is 3.